The molecule has 0 saturated heterocycles. The van der Waals surface area contributed by atoms with Gasteiger partial charge in [-0.25, -0.2) is 4.98 Å². The molecule has 1 aromatic carbocycles. The van der Waals surface area contributed by atoms with Crippen molar-refractivity contribution in [3.05, 3.63) is 57.8 Å². The van der Waals surface area contributed by atoms with Gasteiger partial charge in [0.1, 0.15) is 0 Å². The molecule has 2 aromatic heterocycles. The first-order valence-corrected chi connectivity index (χ1v) is 8.03. The van der Waals surface area contributed by atoms with Crippen LogP contribution in [0.5, 0.6) is 0 Å². The van der Waals surface area contributed by atoms with Crippen LogP contribution in [-0.2, 0) is 22.4 Å². The fourth-order valence-corrected chi connectivity index (χ4v) is 3.30. The van der Waals surface area contributed by atoms with Gasteiger partial charge in [0.2, 0.25) is 5.65 Å². The zero-order chi connectivity index (χ0) is 16.7. The molecule has 1 N–H and O–H groups in total. The number of benzene rings is 1. The lowest BCUT2D eigenvalue weighted by atomic mass is 10.0. The molecule has 6 nitrogen and oxygen atoms in total. The van der Waals surface area contributed by atoms with Crippen LogP contribution in [0.4, 0.5) is 0 Å². The van der Waals surface area contributed by atoms with Gasteiger partial charge < -0.3 is 9.72 Å². The van der Waals surface area contributed by atoms with Crippen molar-refractivity contribution in [2.24, 2.45) is 0 Å². The Morgan fingerprint density at radius 3 is 3.12 bits per heavy atom. The summed E-state index contributed by atoms with van der Waals surface area (Å²) in [5, 5.41) is 0. The molecule has 24 heavy (non-hydrogen) atoms. The number of aromatic amines is 1. The number of hydrogen-bond donors (Lipinski definition) is 1. The number of carbonyl (C=O) groups is 1. The molecule has 0 saturated carbocycles. The number of fused-ring (bicyclic) bond motifs is 5. The van der Waals surface area contributed by atoms with E-state index in [1.54, 1.807) is 6.20 Å². The van der Waals surface area contributed by atoms with Gasteiger partial charge in [0.25, 0.3) is 5.56 Å². The molecule has 122 valence electrons. The largest absolute Gasteiger partial charge is 0.466 e. The highest BCUT2D eigenvalue weighted by Crippen LogP contribution is 2.35. The number of hydrogen-bond acceptors (Lipinski definition) is 4. The minimum absolute atomic E-state index is 0.175. The van der Waals surface area contributed by atoms with Crippen molar-refractivity contribution in [1.29, 1.82) is 0 Å². The minimum atomic E-state index is -0.182. The monoisotopic (exact) mass is 323 g/mol. The second-order valence-electron chi connectivity index (χ2n) is 5.87. The molecule has 6 heteroatoms. The second kappa shape index (κ2) is 5.63. The van der Waals surface area contributed by atoms with Crippen LogP contribution < -0.4 is 5.56 Å². The lowest BCUT2D eigenvalue weighted by Crippen LogP contribution is -2.13. The maximum Gasteiger partial charge on any atom is 0.306 e. The summed E-state index contributed by atoms with van der Waals surface area (Å²) in [7, 11) is 0. The number of imidazole rings is 1. The Morgan fingerprint density at radius 2 is 2.29 bits per heavy atom. The van der Waals surface area contributed by atoms with Gasteiger partial charge in [0.15, 0.2) is 0 Å². The summed E-state index contributed by atoms with van der Waals surface area (Å²) < 4.78 is 6.82. The molecule has 1 aliphatic carbocycles. The fraction of sp³-hybridized carbons (Fsp3) is 0.278. The van der Waals surface area contributed by atoms with Gasteiger partial charge >= 0.3 is 5.97 Å². The van der Waals surface area contributed by atoms with Crippen LogP contribution >= 0.6 is 0 Å². The van der Waals surface area contributed by atoms with Gasteiger partial charge in [-0.2, -0.15) is 0 Å². The normalized spacial score (nSPS) is 12.2. The highest BCUT2D eigenvalue weighted by atomic mass is 16.5. The van der Waals surface area contributed by atoms with Gasteiger partial charge in [-0.15, -0.1) is 0 Å². The Labute approximate surface area is 138 Å². The molecule has 0 atom stereocenters. The molecule has 1 aliphatic rings. The first-order chi connectivity index (χ1) is 11.7. The lowest BCUT2D eigenvalue weighted by molar-refractivity contribution is -0.143. The quantitative estimate of drug-likeness (QED) is 0.583. The van der Waals surface area contributed by atoms with Gasteiger partial charge in [-0.05, 0) is 24.5 Å². The van der Waals surface area contributed by atoms with Crippen molar-refractivity contribution in [1.82, 2.24) is 14.4 Å². The third-order valence-electron chi connectivity index (χ3n) is 4.38. The van der Waals surface area contributed by atoms with E-state index >= 15 is 0 Å². The highest BCUT2D eigenvalue weighted by Gasteiger charge is 2.23. The predicted molar refractivity (Wildman–Crippen MR) is 89.0 cm³/mol. The third-order valence-corrected chi connectivity index (χ3v) is 4.38. The summed E-state index contributed by atoms with van der Waals surface area (Å²) in [6, 6.07) is 6.12. The van der Waals surface area contributed by atoms with E-state index in [4.69, 9.17) is 4.74 Å². The van der Waals surface area contributed by atoms with Crippen molar-refractivity contribution in [2.75, 3.05) is 6.61 Å². The zero-order valence-electron chi connectivity index (χ0n) is 13.3. The molecule has 0 aliphatic heterocycles. The van der Waals surface area contributed by atoms with Gasteiger partial charge in [0.05, 0.1) is 18.0 Å². The Morgan fingerprint density at radius 1 is 1.42 bits per heavy atom. The first kappa shape index (κ1) is 14.7. The third kappa shape index (κ3) is 2.31. The maximum absolute atomic E-state index is 12.1. The van der Waals surface area contributed by atoms with E-state index in [1.165, 1.54) is 0 Å². The highest BCUT2D eigenvalue weighted by molar-refractivity contribution is 5.74. The van der Waals surface area contributed by atoms with E-state index in [9.17, 15) is 9.59 Å². The Hall–Kier alpha value is -2.89. The fourth-order valence-electron chi connectivity index (χ4n) is 3.30. The second-order valence-corrected chi connectivity index (χ2v) is 5.87. The van der Waals surface area contributed by atoms with Crippen molar-refractivity contribution in [2.45, 2.75) is 26.2 Å². The van der Waals surface area contributed by atoms with Crippen LogP contribution in [0, 0.1) is 0 Å². The molecule has 0 spiro atoms. The van der Waals surface area contributed by atoms with E-state index in [0.29, 0.717) is 25.1 Å². The summed E-state index contributed by atoms with van der Waals surface area (Å²) >= 11 is 0. The summed E-state index contributed by atoms with van der Waals surface area (Å²) in [5.74, 6) is -0.175. The number of rotatable bonds is 4. The van der Waals surface area contributed by atoms with E-state index < -0.39 is 0 Å². The molecule has 0 unspecified atom stereocenters. The molecule has 0 fully saturated rings. The Bertz CT molecular complexity index is 1000. The Balaban J connectivity index is 1.66. The van der Waals surface area contributed by atoms with Gasteiger partial charge in [0, 0.05) is 30.8 Å². The number of aryl methyl sites for hydroxylation is 1. The molecular formula is C18H17N3O3. The summed E-state index contributed by atoms with van der Waals surface area (Å²) in [6.45, 7) is 2.22. The smallest absolute Gasteiger partial charge is 0.306 e. The molecule has 0 radical (unpaired) electrons. The molecular weight excluding hydrogens is 306 g/mol. The zero-order valence-corrected chi connectivity index (χ0v) is 13.3. The van der Waals surface area contributed by atoms with Crippen LogP contribution in [-0.4, -0.2) is 26.9 Å². The number of esters is 1. The van der Waals surface area contributed by atoms with Crippen molar-refractivity contribution < 1.29 is 9.53 Å². The molecule has 2 heterocycles. The first-order valence-electron chi connectivity index (χ1n) is 8.03. The van der Waals surface area contributed by atoms with Crippen LogP contribution in [0.3, 0.4) is 0 Å². The van der Waals surface area contributed by atoms with Crippen LogP contribution in [0.2, 0.25) is 0 Å². The number of ether oxygens (including phenoxy) is 1. The molecule has 0 bridgehead atoms. The summed E-state index contributed by atoms with van der Waals surface area (Å²) in [6.07, 6.45) is 5.22. The number of carbonyl (C=O) groups excluding carboxylic acids is 1. The molecule has 0 amide bonds. The van der Waals surface area contributed by atoms with Crippen LogP contribution in [0.25, 0.3) is 16.9 Å². The van der Waals surface area contributed by atoms with Gasteiger partial charge in [-0.3, -0.25) is 14.0 Å². The van der Waals surface area contributed by atoms with Crippen molar-refractivity contribution >= 4 is 11.6 Å². The lowest BCUT2D eigenvalue weighted by Gasteiger charge is -2.05. The van der Waals surface area contributed by atoms with E-state index in [0.717, 1.165) is 34.5 Å². The number of H-pyrrole nitrogens is 1. The van der Waals surface area contributed by atoms with E-state index in [1.807, 2.05) is 29.7 Å². The van der Waals surface area contributed by atoms with Gasteiger partial charge in [-0.1, -0.05) is 18.2 Å². The van der Waals surface area contributed by atoms with E-state index in [-0.39, 0.29) is 11.5 Å². The van der Waals surface area contributed by atoms with Crippen LogP contribution in [0.1, 0.15) is 30.2 Å². The average Bonchev–Trinajstić information content (AvgIpc) is 3.18. The average molecular weight is 323 g/mol. The summed E-state index contributed by atoms with van der Waals surface area (Å²) in [4.78, 5) is 30.7. The van der Waals surface area contributed by atoms with Crippen molar-refractivity contribution in [3.8, 4) is 11.3 Å². The number of nitrogens with one attached hydrogen (secondary N) is 1. The van der Waals surface area contributed by atoms with Crippen LogP contribution in [0.15, 0.2) is 35.4 Å². The molecule has 4 rings (SSSR count). The number of aromatic nitrogens is 3. The van der Waals surface area contributed by atoms with E-state index in [2.05, 4.69) is 16.0 Å². The maximum atomic E-state index is 12.1. The Kier molecular flexibility index (Phi) is 3.45. The standard InChI is InChI=1S/C18H17N3O3/c1-2-24-15(22)6-4-11-3-5-13-12(9-11)10-14-16(13)20-18(23)17-19-7-8-21(14)17/h3,5,7-9H,2,4,6,10H2,1H3,(H,20,23). The summed E-state index contributed by atoms with van der Waals surface area (Å²) in [5.41, 5.74) is 5.43. The number of nitrogens with zero attached hydrogens (tertiary/aromatic N) is 2. The SMILES string of the molecule is CCOC(=O)CCc1ccc2c(c1)Cc1c-2[nH]c(=O)c2nccn12. The predicted octanol–water partition coefficient (Wildman–Crippen LogP) is 2.09. The van der Waals surface area contributed by atoms with Crippen molar-refractivity contribution in [3.63, 3.8) is 0 Å². The topological polar surface area (TPSA) is 76.5 Å². The molecule has 3 aromatic rings. The minimum Gasteiger partial charge on any atom is -0.466 e.